The first-order valence-electron chi connectivity index (χ1n) is 9.41. The molecule has 0 aliphatic rings. The molecule has 2 N–H and O–H groups in total. The van der Waals surface area contributed by atoms with E-state index in [1.54, 1.807) is 18.4 Å². The number of ether oxygens (including phenoxy) is 1. The molecule has 148 valence electrons. The number of furan rings is 1. The number of anilines is 1. The van der Waals surface area contributed by atoms with Crippen molar-refractivity contribution in [2.75, 3.05) is 25.0 Å². The Morgan fingerprint density at radius 2 is 2.04 bits per heavy atom. The number of quaternary nitrogens is 1. The molecule has 2 aromatic heterocycles. The molecule has 1 amide bonds. The van der Waals surface area contributed by atoms with Crippen molar-refractivity contribution in [2.45, 2.75) is 26.8 Å². The SMILES string of the molecule is CCC[NH+](CC(=O)Nc1ccccc1OCC)Cc1nnc(-c2ccco2)o1. The van der Waals surface area contributed by atoms with Gasteiger partial charge < -0.3 is 23.8 Å². The van der Waals surface area contributed by atoms with Crippen LogP contribution in [0.15, 0.2) is 51.5 Å². The standard InChI is InChI=1S/C20H24N4O4/c1-3-11-24(14-19-22-23-20(28-19)17-10-7-12-27-17)13-18(25)21-15-8-5-6-9-16(15)26-4-2/h5-10,12H,3-4,11,13-14H2,1-2H3,(H,21,25)/p+1. The Morgan fingerprint density at radius 3 is 2.79 bits per heavy atom. The van der Waals surface area contributed by atoms with Gasteiger partial charge in [-0.15, -0.1) is 10.2 Å². The molecular formula is C20H25N4O4+. The van der Waals surface area contributed by atoms with Gasteiger partial charge in [0.15, 0.2) is 18.8 Å². The third-order valence-electron chi connectivity index (χ3n) is 4.08. The molecule has 1 aromatic carbocycles. The van der Waals surface area contributed by atoms with Crippen molar-refractivity contribution in [1.29, 1.82) is 0 Å². The highest BCUT2D eigenvalue weighted by Crippen LogP contribution is 2.23. The third-order valence-corrected chi connectivity index (χ3v) is 4.08. The van der Waals surface area contributed by atoms with E-state index in [1.807, 2.05) is 31.2 Å². The molecule has 0 bridgehead atoms. The van der Waals surface area contributed by atoms with Gasteiger partial charge in [0.25, 0.3) is 17.7 Å². The summed E-state index contributed by atoms with van der Waals surface area (Å²) >= 11 is 0. The zero-order valence-electron chi connectivity index (χ0n) is 16.1. The van der Waals surface area contributed by atoms with Crippen LogP contribution in [-0.4, -0.2) is 35.8 Å². The lowest BCUT2D eigenvalue weighted by Crippen LogP contribution is -3.11. The van der Waals surface area contributed by atoms with Gasteiger partial charge in [0.05, 0.1) is 25.1 Å². The first-order chi connectivity index (χ1) is 13.7. The predicted molar refractivity (Wildman–Crippen MR) is 103 cm³/mol. The van der Waals surface area contributed by atoms with Crippen LogP contribution >= 0.6 is 0 Å². The van der Waals surface area contributed by atoms with Crippen LogP contribution in [0.4, 0.5) is 5.69 Å². The molecular weight excluding hydrogens is 360 g/mol. The Labute approximate surface area is 163 Å². The number of nitrogens with one attached hydrogen (secondary N) is 2. The van der Waals surface area contributed by atoms with Gasteiger partial charge in [-0.3, -0.25) is 4.79 Å². The van der Waals surface area contributed by atoms with E-state index in [2.05, 4.69) is 22.4 Å². The zero-order chi connectivity index (χ0) is 19.8. The van der Waals surface area contributed by atoms with Crippen LogP contribution in [0.2, 0.25) is 0 Å². The van der Waals surface area contributed by atoms with Crippen molar-refractivity contribution in [3.63, 3.8) is 0 Å². The lowest BCUT2D eigenvalue weighted by molar-refractivity contribution is -0.907. The Hall–Kier alpha value is -3.13. The molecule has 0 saturated carbocycles. The van der Waals surface area contributed by atoms with Gasteiger partial charge in [-0.05, 0) is 37.6 Å². The van der Waals surface area contributed by atoms with Crippen LogP contribution < -0.4 is 15.0 Å². The molecule has 3 aromatic rings. The lowest BCUT2D eigenvalue weighted by Gasteiger charge is -2.17. The van der Waals surface area contributed by atoms with Crippen LogP contribution in [0, 0.1) is 0 Å². The average Bonchev–Trinajstić information content (AvgIpc) is 3.35. The number of aromatic nitrogens is 2. The van der Waals surface area contributed by atoms with E-state index >= 15 is 0 Å². The quantitative estimate of drug-likeness (QED) is 0.555. The van der Waals surface area contributed by atoms with Gasteiger partial charge in [0, 0.05) is 0 Å². The van der Waals surface area contributed by atoms with Gasteiger partial charge in [0.1, 0.15) is 5.75 Å². The third kappa shape index (κ3) is 5.20. The van der Waals surface area contributed by atoms with E-state index in [0.29, 0.717) is 42.1 Å². The molecule has 3 rings (SSSR count). The van der Waals surface area contributed by atoms with Crippen LogP contribution in [0.25, 0.3) is 11.7 Å². The number of para-hydroxylation sites is 2. The molecule has 0 spiro atoms. The van der Waals surface area contributed by atoms with E-state index in [9.17, 15) is 4.79 Å². The zero-order valence-corrected chi connectivity index (χ0v) is 16.1. The van der Waals surface area contributed by atoms with Crippen LogP contribution in [-0.2, 0) is 11.3 Å². The number of amides is 1. The van der Waals surface area contributed by atoms with Gasteiger partial charge in [-0.25, -0.2) is 0 Å². The van der Waals surface area contributed by atoms with Crippen LogP contribution in [0.1, 0.15) is 26.2 Å². The molecule has 8 heteroatoms. The Morgan fingerprint density at radius 1 is 1.18 bits per heavy atom. The first kappa shape index (κ1) is 19.6. The largest absolute Gasteiger partial charge is 0.492 e. The summed E-state index contributed by atoms with van der Waals surface area (Å²) in [6, 6.07) is 10.9. The smallest absolute Gasteiger partial charge is 0.283 e. The maximum absolute atomic E-state index is 12.6. The Balaban J connectivity index is 1.62. The maximum Gasteiger partial charge on any atom is 0.283 e. The summed E-state index contributed by atoms with van der Waals surface area (Å²) in [4.78, 5) is 13.6. The molecule has 0 aliphatic heterocycles. The molecule has 0 saturated heterocycles. The van der Waals surface area contributed by atoms with Crippen molar-refractivity contribution in [3.8, 4) is 17.4 Å². The summed E-state index contributed by atoms with van der Waals surface area (Å²) in [5, 5.41) is 11.0. The van der Waals surface area contributed by atoms with Crippen molar-refractivity contribution >= 4 is 11.6 Å². The van der Waals surface area contributed by atoms with Crippen molar-refractivity contribution in [1.82, 2.24) is 10.2 Å². The number of benzene rings is 1. The van der Waals surface area contributed by atoms with Crippen molar-refractivity contribution < 1.29 is 23.3 Å². The molecule has 0 radical (unpaired) electrons. The summed E-state index contributed by atoms with van der Waals surface area (Å²) in [7, 11) is 0. The molecule has 1 unspecified atom stereocenters. The highest BCUT2D eigenvalue weighted by molar-refractivity contribution is 5.92. The highest BCUT2D eigenvalue weighted by Gasteiger charge is 2.20. The second-order valence-corrected chi connectivity index (χ2v) is 6.31. The highest BCUT2D eigenvalue weighted by atomic mass is 16.5. The van der Waals surface area contributed by atoms with E-state index in [-0.39, 0.29) is 12.5 Å². The minimum Gasteiger partial charge on any atom is -0.492 e. The fourth-order valence-electron chi connectivity index (χ4n) is 2.90. The molecule has 1 atom stereocenters. The topological polar surface area (TPSA) is 94.8 Å². The van der Waals surface area contributed by atoms with Gasteiger partial charge in [0.2, 0.25) is 0 Å². The molecule has 0 fully saturated rings. The van der Waals surface area contributed by atoms with E-state index in [0.717, 1.165) is 17.9 Å². The monoisotopic (exact) mass is 385 g/mol. The van der Waals surface area contributed by atoms with Gasteiger partial charge in [-0.2, -0.15) is 0 Å². The number of rotatable bonds is 10. The minimum atomic E-state index is -0.0959. The van der Waals surface area contributed by atoms with Gasteiger partial charge in [-0.1, -0.05) is 19.1 Å². The summed E-state index contributed by atoms with van der Waals surface area (Å²) in [5.41, 5.74) is 0.670. The summed E-state index contributed by atoms with van der Waals surface area (Å²) in [6.45, 7) is 6.07. The lowest BCUT2D eigenvalue weighted by atomic mass is 10.3. The minimum absolute atomic E-state index is 0.0959. The predicted octanol–water partition coefficient (Wildman–Crippen LogP) is 2.16. The molecule has 2 heterocycles. The maximum atomic E-state index is 12.6. The normalized spacial score (nSPS) is 11.9. The average molecular weight is 385 g/mol. The summed E-state index contributed by atoms with van der Waals surface area (Å²) < 4.78 is 16.5. The number of carbonyl (C=O) groups is 1. The second kappa shape index (κ2) is 9.70. The number of nitrogens with zero attached hydrogens (tertiary/aromatic N) is 2. The summed E-state index contributed by atoms with van der Waals surface area (Å²) in [5.74, 6) is 1.90. The molecule has 0 aliphatic carbocycles. The Bertz CT molecular complexity index is 876. The van der Waals surface area contributed by atoms with E-state index < -0.39 is 0 Å². The number of carbonyl (C=O) groups excluding carboxylic acids is 1. The van der Waals surface area contributed by atoms with E-state index in [1.165, 1.54) is 0 Å². The first-order valence-corrected chi connectivity index (χ1v) is 9.41. The molecule has 8 nitrogen and oxygen atoms in total. The van der Waals surface area contributed by atoms with Crippen molar-refractivity contribution in [2.24, 2.45) is 0 Å². The van der Waals surface area contributed by atoms with Crippen LogP contribution in [0.5, 0.6) is 5.75 Å². The second-order valence-electron chi connectivity index (χ2n) is 6.31. The fourth-order valence-corrected chi connectivity index (χ4v) is 2.90. The fraction of sp³-hybridized carbons (Fsp3) is 0.350. The summed E-state index contributed by atoms with van der Waals surface area (Å²) in [6.07, 6.45) is 2.48. The molecule has 28 heavy (non-hydrogen) atoms. The number of hydrogen-bond donors (Lipinski definition) is 2. The van der Waals surface area contributed by atoms with Gasteiger partial charge >= 0.3 is 0 Å². The van der Waals surface area contributed by atoms with Crippen molar-refractivity contribution in [3.05, 3.63) is 48.6 Å². The van der Waals surface area contributed by atoms with E-state index in [4.69, 9.17) is 13.6 Å². The number of hydrogen-bond acceptors (Lipinski definition) is 6. The Kier molecular flexibility index (Phi) is 6.80. The van der Waals surface area contributed by atoms with Crippen LogP contribution in [0.3, 0.4) is 0 Å².